The Morgan fingerprint density at radius 1 is 1.31 bits per heavy atom. The Kier molecular flexibility index (Phi) is 2.66. The van der Waals surface area contributed by atoms with Gasteiger partial charge in [0.2, 0.25) is 5.91 Å². The average molecular weight is 237 g/mol. The van der Waals surface area contributed by atoms with Crippen LogP contribution in [0.3, 0.4) is 0 Å². The maximum atomic E-state index is 11.5. The molecule has 0 aliphatic rings. The Balaban J connectivity index is 2.58. The van der Waals surface area contributed by atoms with E-state index in [1.807, 2.05) is 6.07 Å². The van der Waals surface area contributed by atoms with Gasteiger partial charge in [-0.1, -0.05) is 47.1 Å². The molecule has 5 heteroatoms. The van der Waals surface area contributed by atoms with Crippen molar-refractivity contribution in [2.45, 2.75) is 4.87 Å². The van der Waals surface area contributed by atoms with Crippen molar-refractivity contribution in [1.29, 1.82) is 0 Å². The zero-order valence-corrected chi connectivity index (χ0v) is 9.02. The van der Waals surface area contributed by atoms with Crippen LogP contribution in [0.2, 0.25) is 0 Å². The highest BCUT2D eigenvalue weighted by atomic mass is 35.5. The number of nitrogens with zero attached hydrogens (tertiary/aromatic N) is 1. The van der Waals surface area contributed by atoms with Crippen molar-refractivity contribution < 1.29 is 9.32 Å². The van der Waals surface area contributed by atoms with Crippen LogP contribution in [0.15, 0.2) is 47.2 Å². The second-order valence-electron chi connectivity index (χ2n) is 3.27. The van der Waals surface area contributed by atoms with Crippen LogP contribution in [0.25, 0.3) is 0 Å². The minimum absolute atomic E-state index is 0.285. The number of carbonyl (C=O) groups is 1. The normalized spacial score (nSPS) is 14.3. The van der Waals surface area contributed by atoms with Crippen LogP contribution < -0.4 is 5.73 Å². The number of benzene rings is 1. The summed E-state index contributed by atoms with van der Waals surface area (Å²) in [5.41, 5.74) is 6.19. The monoisotopic (exact) mass is 236 g/mol. The third kappa shape index (κ3) is 1.57. The minimum atomic E-state index is -1.48. The lowest BCUT2D eigenvalue weighted by atomic mass is 9.94. The molecule has 0 saturated carbocycles. The van der Waals surface area contributed by atoms with Crippen molar-refractivity contribution in [3.05, 3.63) is 53.9 Å². The van der Waals surface area contributed by atoms with Crippen LogP contribution >= 0.6 is 11.6 Å². The first-order chi connectivity index (χ1) is 7.65. The first-order valence-electron chi connectivity index (χ1n) is 4.61. The molecule has 1 unspecified atom stereocenters. The van der Waals surface area contributed by atoms with Crippen LogP contribution in [0, 0.1) is 0 Å². The van der Waals surface area contributed by atoms with Gasteiger partial charge in [0.25, 0.3) is 0 Å². The van der Waals surface area contributed by atoms with Crippen molar-refractivity contribution in [2.24, 2.45) is 5.73 Å². The molecule has 1 amide bonds. The molecule has 16 heavy (non-hydrogen) atoms. The van der Waals surface area contributed by atoms with E-state index in [0.29, 0.717) is 5.56 Å². The summed E-state index contributed by atoms with van der Waals surface area (Å²) in [6, 6.07) is 10.3. The molecule has 0 bridgehead atoms. The third-order valence-electron chi connectivity index (χ3n) is 2.30. The third-order valence-corrected chi connectivity index (χ3v) is 2.90. The maximum Gasteiger partial charge on any atom is 0.249 e. The van der Waals surface area contributed by atoms with E-state index in [-0.39, 0.29) is 5.69 Å². The molecule has 0 spiro atoms. The van der Waals surface area contributed by atoms with Gasteiger partial charge in [0, 0.05) is 6.07 Å². The molecule has 0 radical (unpaired) electrons. The van der Waals surface area contributed by atoms with Crippen LogP contribution in [-0.2, 0) is 9.67 Å². The number of amides is 1. The molecule has 0 aliphatic carbocycles. The molecule has 0 aliphatic heterocycles. The van der Waals surface area contributed by atoms with Gasteiger partial charge in [-0.25, -0.2) is 0 Å². The summed E-state index contributed by atoms with van der Waals surface area (Å²) >= 11 is 6.27. The summed E-state index contributed by atoms with van der Waals surface area (Å²) in [6.45, 7) is 0. The number of alkyl halides is 1. The Morgan fingerprint density at radius 2 is 2.00 bits per heavy atom. The predicted molar refractivity (Wildman–Crippen MR) is 58.8 cm³/mol. The van der Waals surface area contributed by atoms with E-state index in [1.54, 1.807) is 24.3 Å². The lowest BCUT2D eigenvalue weighted by Crippen LogP contribution is -2.37. The van der Waals surface area contributed by atoms with Crippen molar-refractivity contribution in [3.8, 4) is 0 Å². The maximum absolute atomic E-state index is 11.5. The fourth-order valence-electron chi connectivity index (χ4n) is 1.47. The Morgan fingerprint density at radius 3 is 2.50 bits per heavy atom. The van der Waals surface area contributed by atoms with Crippen molar-refractivity contribution in [2.75, 3.05) is 0 Å². The fourth-order valence-corrected chi connectivity index (χ4v) is 1.70. The standard InChI is InChI=1S/C11H9ClN2O2/c12-11(10(13)15,9-6-7-16-14-9)8-4-2-1-3-5-8/h1-7H,(H2,13,15). The van der Waals surface area contributed by atoms with Gasteiger partial charge in [0.15, 0.2) is 4.87 Å². The zero-order valence-electron chi connectivity index (χ0n) is 8.26. The van der Waals surface area contributed by atoms with E-state index in [9.17, 15) is 4.79 Å². The molecule has 4 nitrogen and oxygen atoms in total. The quantitative estimate of drug-likeness (QED) is 0.824. The first-order valence-corrected chi connectivity index (χ1v) is 4.98. The number of nitrogens with two attached hydrogens (primary N) is 1. The highest BCUT2D eigenvalue weighted by Gasteiger charge is 2.40. The van der Waals surface area contributed by atoms with E-state index in [1.165, 1.54) is 12.3 Å². The number of rotatable bonds is 3. The van der Waals surface area contributed by atoms with Gasteiger partial charge < -0.3 is 10.3 Å². The van der Waals surface area contributed by atoms with Crippen LogP contribution in [-0.4, -0.2) is 11.1 Å². The van der Waals surface area contributed by atoms with Crippen molar-refractivity contribution in [1.82, 2.24) is 5.16 Å². The topological polar surface area (TPSA) is 69.1 Å². The molecule has 1 heterocycles. The SMILES string of the molecule is NC(=O)C(Cl)(c1ccccc1)c1ccon1. The summed E-state index contributed by atoms with van der Waals surface area (Å²) in [5.74, 6) is -0.686. The molecule has 0 saturated heterocycles. The molecule has 1 aromatic carbocycles. The Hall–Kier alpha value is -1.81. The molecular weight excluding hydrogens is 228 g/mol. The lowest BCUT2D eigenvalue weighted by Gasteiger charge is -2.20. The van der Waals surface area contributed by atoms with Crippen LogP contribution in [0.4, 0.5) is 0 Å². The first kappa shape index (κ1) is 10.7. The van der Waals surface area contributed by atoms with Crippen molar-refractivity contribution in [3.63, 3.8) is 0 Å². The predicted octanol–water partition coefficient (Wildman–Crippen LogP) is 1.64. The van der Waals surface area contributed by atoms with Gasteiger partial charge in [-0.05, 0) is 5.56 Å². The smallest absolute Gasteiger partial charge is 0.249 e. The van der Waals surface area contributed by atoms with Gasteiger partial charge in [-0.2, -0.15) is 0 Å². The molecule has 82 valence electrons. The van der Waals surface area contributed by atoms with E-state index < -0.39 is 10.8 Å². The van der Waals surface area contributed by atoms with E-state index >= 15 is 0 Å². The van der Waals surface area contributed by atoms with Gasteiger partial charge in [0.05, 0.1) is 0 Å². The summed E-state index contributed by atoms with van der Waals surface area (Å²) in [5, 5.41) is 3.68. The van der Waals surface area contributed by atoms with E-state index in [4.69, 9.17) is 21.9 Å². The highest BCUT2D eigenvalue weighted by molar-refractivity contribution is 6.36. The number of carbonyl (C=O) groups excluding carboxylic acids is 1. The number of hydrogen-bond donors (Lipinski definition) is 1. The summed E-state index contributed by atoms with van der Waals surface area (Å²) in [6.07, 6.45) is 1.35. The van der Waals surface area contributed by atoms with Gasteiger partial charge in [0.1, 0.15) is 12.0 Å². The van der Waals surface area contributed by atoms with Gasteiger partial charge >= 0.3 is 0 Å². The minimum Gasteiger partial charge on any atom is -0.367 e. The van der Waals surface area contributed by atoms with E-state index in [0.717, 1.165) is 0 Å². The largest absolute Gasteiger partial charge is 0.367 e. The molecular formula is C11H9ClN2O2. The molecule has 0 fully saturated rings. The second-order valence-corrected chi connectivity index (χ2v) is 3.84. The summed E-state index contributed by atoms with van der Waals surface area (Å²) < 4.78 is 4.69. The van der Waals surface area contributed by atoms with Crippen LogP contribution in [0.5, 0.6) is 0 Å². The second kappa shape index (κ2) is 3.98. The van der Waals surface area contributed by atoms with Gasteiger partial charge in [-0.15, -0.1) is 0 Å². The summed E-state index contributed by atoms with van der Waals surface area (Å²) in [7, 11) is 0. The molecule has 2 aromatic rings. The molecule has 1 atom stereocenters. The number of hydrogen-bond acceptors (Lipinski definition) is 3. The van der Waals surface area contributed by atoms with Crippen molar-refractivity contribution >= 4 is 17.5 Å². The Bertz CT molecular complexity index is 484. The molecule has 2 rings (SSSR count). The number of primary amides is 1. The highest BCUT2D eigenvalue weighted by Crippen LogP contribution is 2.35. The summed E-state index contributed by atoms with van der Waals surface area (Å²) in [4.78, 5) is 10.1. The Labute approximate surface area is 97.0 Å². The zero-order chi connectivity index (χ0) is 11.6. The lowest BCUT2D eigenvalue weighted by molar-refractivity contribution is -0.119. The fraction of sp³-hybridized carbons (Fsp3) is 0.0909. The van der Waals surface area contributed by atoms with Crippen LogP contribution in [0.1, 0.15) is 11.3 Å². The van der Waals surface area contributed by atoms with Gasteiger partial charge in [-0.3, -0.25) is 4.79 Å². The molecule has 2 N–H and O–H groups in total. The number of halogens is 1. The number of aromatic nitrogens is 1. The molecule has 1 aromatic heterocycles. The van der Waals surface area contributed by atoms with E-state index in [2.05, 4.69) is 5.16 Å². The average Bonchev–Trinajstić information content (AvgIpc) is 2.82.